The lowest BCUT2D eigenvalue weighted by Gasteiger charge is -2.28. The summed E-state index contributed by atoms with van der Waals surface area (Å²) in [6, 6.07) is 10.9. The van der Waals surface area contributed by atoms with Gasteiger partial charge in [-0.2, -0.15) is 9.65 Å². The molecule has 2 heteroatoms. The summed E-state index contributed by atoms with van der Waals surface area (Å²) in [6.45, 7) is 2.26. The number of nitrogens with zero attached hydrogens (tertiary/aromatic N) is 1. The van der Waals surface area contributed by atoms with Crippen LogP contribution in [0.1, 0.15) is 94.6 Å². The van der Waals surface area contributed by atoms with Crippen molar-refractivity contribution in [3.8, 4) is 6.07 Å². The van der Waals surface area contributed by atoms with Crippen LogP contribution in [0.25, 0.3) is 0 Å². The number of benzene rings is 1. The first kappa shape index (κ1) is 20.7. The van der Waals surface area contributed by atoms with E-state index >= 15 is 0 Å². The van der Waals surface area contributed by atoms with E-state index in [0.29, 0.717) is 18.3 Å². The zero-order chi connectivity index (χ0) is 18.6. The molecule has 142 valence electrons. The minimum Gasteiger partial charge on any atom is -0.195 e. The van der Waals surface area contributed by atoms with Crippen LogP contribution in [-0.4, -0.2) is 0 Å². The summed E-state index contributed by atoms with van der Waals surface area (Å²) >= 11 is 0. The standard InChI is InChI=1S/C24H34FN/c1-2-3-4-5-6-8-20-11-15-22(16-12-20)23-17-13-21(14-18-23)9-7-10-24(25)19-26/h10-12,15-16,21,23H,2-9,13-14,17-18H2,1H3/t21-,23-. The maximum absolute atomic E-state index is 12.8. The lowest BCUT2D eigenvalue weighted by Crippen LogP contribution is -2.13. The smallest absolute Gasteiger partial charge is 0.195 e. The second kappa shape index (κ2) is 11.9. The summed E-state index contributed by atoms with van der Waals surface area (Å²) in [5.74, 6) is 0.747. The Balaban J connectivity index is 1.69. The van der Waals surface area contributed by atoms with Gasteiger partial charge < -0.3 is 0 Å². The molecular formula is C24H34FN. The number of rotatable bonds is 10. The molecule has 0 atom stereocenters. The molecule has 0 spiro atoms. The van der Waals surface area contributed by atoms with Crippen LogP contribution in [0.5, 0.6) is 0 Å². The van der Waals surface area contributed by atoms with E-state index in [-0.39, 0.29) is 0 Å². The van der Waals surface area contributed by atoms with Gasteiger partial charge in [0.05, 0.1) is 0 Å². The summed E-state index contributed by atoms with van der Waals surface area (Å²) in [7, 11) is 0. The molecule has 1 saturated carbocycles. The highest BCUT2D eigenvalue weighted by Crippen LogP contribution is 2.37. The van der Waals surface area contributed by atoms with Gasteiger partial charge in [-0.15, -0.1) is 0 Å². The first-order chi connectivity index (χ1) is 12.7. The van der Waals surface area contributed by atoms with Crippen molar-refractivity contribution >= 4 is 0 Å². The van der Waals surface area contributed by atoms with Crippen LogP contribution < -0.4 is 0 Å². The molecule has 1 nitrogen and oxygen atoms in total. The maximum atomic E-state index is 12.8. The highest BCUT2D eigenvalue weighted by atomic mass is 19.1. The quantitative estimate of drug-likeness (QED) is 0.312. The molecule has 1 fully saturated rings. The third kappa shape index (κ3) is 7.32. The second-order valence-electron chi connectivity index (χ2n) is 7.86. The van der Waals surface area contributed by atoms with Crippen molar-refractivity contribution in [2.75, 3.05) is 0 Å². The Bertz CT molecular complexity index is 573. The average Bonchev–Trinajstić information content (AvgIpc) is 2.69. The molecule has 1 aromatic rings. The molecule has 0 aromatic heterocycles. The van der Waals surface area contributed by atoms with Crippen molar-refractivity contribution in [1.29, 1.82) is 5.26 Å². The maximum Gasteiger partial charge on any atom is 0.196 e. The fourth-order valence-electron chi connectivity index (χ4n) is 4.17. The predicted octanol–water partition coefficient (Wildman–Crippen LogP) is 7.63. The molecule has 2 rings (SSSR count). The van der Waals surface area contributed by atoms with Crippen LogP contribution in [-0.2, 0) is 6.42 Å². The molecule has 0 unspecified atom stereocenters. The Kier molecular flexibility index (Phi) is 9.46. The molecule has 0 N–H and O–H groups in total. The van der Waals surface area contributed by atoms with E-state index in [1.807, 2.05) is 0 Å². The summed E-state index contributed by atoms with van der Waals surface area (Å²) in [4.78, 5) is 0. The van der Waals surface area contributed by atoms with Gasteiger partial charge in [-0.25, -0.2) is 0 Å². The zero-order valence-electron chi connectivity index (χ0n) is 16.4. The second-order valence-corrected chi connectivity index (χ2v) is 7.86. The largest absolute Gasteiger partial charge is 0.196 e. The zero-order valence-corrected chi connectivity index (χ0v) is 16.4. The van der Waals surface area contributed by atoms with Crippen LogP contribution in [0.4, 0.5) is 4.39 Å². The fraction of sp³-hybridized carbons (Fsp3) is 0.625. The topological polar surface area (TPSA) is 23.8 Å². The van der Waals surface area contributed by atoms with Crippen molar-refractivity contribution in [2.45, 2.75) is 89.9 Å². The third-order valence-electron chi connectivity index (χ3n) is 5.87. The molecule has 1 aliphatic carbocycles. The van der Waals surface area contributed by atoms with Crippen LogP contribution in [0, 0.1) is 17.2 Å². The molecule has 0 radical (unpaired) electrons. The lowest BCUT2D eigenvalue weighted by molar-refractivity contribution is 0.311. The molecule has 0 aliphatic heterocycles. The molecule has 0 heterocycles. The van der Waals surface area contributed by atoms with E-state index in [0.717, 1.165) is 6.42 Å². The first-order valence-electron chi connectivity index (χ1n) is 10.6. The van der Waals surface area contributed by atoms with Gasteiger partial charge in [0.25, 0.3) is 0 Å². The highest BCUT2D eigenvalue weighted by Gasteiger charge is 2.21. The van der Waals surface area contributed by atoms with E-state index in [2.05, 4.69) is 31.2 Å². The Labute approximate surface area is 159 Å². The first-order valence-corrected chi connectivity index (χ1v) is 10.6. The number of aryl methyl sites for hydroxylation is 1. The Morgan fingerprint density at radius 3 is 2.42 bits per heavy atom. The molecule has 0 saturated heterocycles. The van der Waals surface area contributed by atoms with Gasteiger partial charge in [0.15, 0.2) is 5.83 Å². The minimum absolute atomic E-state index is 0.635. The van der Waals surface area contributed by atoms with Crippen molar-refractivity contribution < 1.29 is 4.39 Å². The van der Waals surface area contributed by atoms with Gasteiger partial charge in [-0.05, 0) is 80.4 Å². The van der Waals surface area contributed by atoms with Crippen LogP contribution in [0.15, 0.2) is 36.2 Å². The molecule has 1 aromatic carbocycles. The van der Waals surface area contributed by atoms with Crippen molar-refractivity contribution in [1.82, 2.24) is 0 Å². The number of unbranched alkanes of at least 4 members (excludes halogenated alkanes) is 4. The van der Waals surface area contributed by atoms with Gasteiger partial charge in [0, 0.05) is 0 Å². The van der Waals surface area contributed by atoms with Crippen molar-refractivity contribution in [3.63, 3.8) is 0 Å². The van der Waals surface area contributed by atoms with Crippen LogP contribution >= 0.6 is 0 Å². The molecule has 0 bridgehead atoms. The third-order valence-corrected chi connectivity index (χ3v) is 5.87. The van der Waals surface area contributed by atoms with Gasteiger partial charge in [-0.1, -0.05) is 56.9 Å². The highest BCUT2D eigenvalue weighted by molar-refractivity contribution is 5.26. The summed E-state index contributed by atoms with van der Waals surface area (Å²) in [5, 5.41) is 8.44. The Morgan fingerprint density at radius 2 is 1.77 bits per heavy atom. The van der Waals surface area contributed by atoms with Crippen LogP contribution in [0.2, 0.25) is 0 Å². The molecule has 1 aliphatic rings. The summed E-state index contributed by atoms with van der Waals surface area (Å²) in [6.07, 6.45) is 16.0. The number of nitriles is 1. The number of hydrogen-bond donors (Lipinski definition) is 0. The molecular weight excluding hydrogens is 321 g/mol. The number of allylic oxidation sites excluding steroid dienone is 2. The number of halogens is 1. The SMILES string of the molecule is CCCCCCCc1ccc([C@H]2CC[C@H](CCC=C(F)C#N)CC2)cc1. The predicted molar refractivity (Wildman–Crippen MR) is 108 cm³/mol. The van der Waals surface area contributed by atoms with E-state index < -0.39 is 5.83 Å². The summed E-state index contributed by atoms with van der Waals surface area (Å²) < 4.78 is 12.8. The van der Waals surface area contributed by atoms with E-state index in [4.69, 9.17) is 5.26 Å². The summed E-state index contributed by atoms with van der Waals surface area (Å²) in [5.41, 5.74) is 2.97. The molecule has 0 amide bonds. The Hall–Kier alpha value is -1.62. The monoisotopic (exact) mass is 355 g/mol. The lowest BCUT2D eigenvalue weighted by atomic mass is 9.77. The van der Waals surface area contributed by atoms with Gasteiger partial charge in [0.2, 0.25) is 0 Å². The minimum atomic E-state index is -0.635. The average molecular weight is 356 g/mol. The van der Waals surface area contributed by atoms with E-state index in [1.54, 1.807) is 6.07 Å². The normalized spacial score (nSPS) is 20.7. The van der Waals surface area contributed by atoms with Crippen molar-refractivity contribution in [2.24, 2.45) is 5.92 Å². The number of hydrogen-bond acceptors (Lipinski definition) is 1. The van der Waals surface area contributed by atoms with E-state index in [1.165, 1.54) is 81.4 Å². The van der Waals surface area contributed by atoms with Gasteiger partial charge in [-0.3, -0.25) is 0 Å². The van der Waals surface area contributed by atoms with E-state index in [9.17, 15) is 4.39 Å². The van der Waals surface area contributed by atoms with Crippen LogP contribution in [0.3, 0.4) is 0 Å². The molecule has 26 heavy (non-hydrogen) atoms. The van der Waals surface area contributed by atoms with Crippen molar-refractivity contribution in [3.05, 3.63) is 47.3 Å². The Morgan fingerprint density at radius 1 is 1.08 bits per heavy atom. The van der Waals surface area contributed by atoms with Gasteiger partial charge >= 0.3 is 0 Å². The van der Waals surface area contributed by atoms with Gasteiger partial charge in [0.1, 0.15) is 6.07 Å². The fourth-order valence-corrected chi connectivity index (χ4v) is 4.17.